The van der Waals surface area contributed by atoms with E-state index in [1.165, 1.54) is 6.07 Å². The van der Waals surface area contributed by atoms with Crippen molar-refractivity contribution in [3.05, 3.63) is 64.7 Å². The number of hydrogen-bond donors (Lipinski definition) is 0. The first-order chi connectivity index (χ1) is 12.7. The standard InChI is InChI=1S/C20H22F4N2O/c1-13-3-4-16(17(21)11-13)19(27-15-6-9-26(2)10-7-15)18-12-14(5-8-25-18)20(22,23)24/h3-5,8,11-12,15,19H,6-7,9-10H2,1-2H3/t19-/m1/s1. The maximum atomic E-state index is 14.6. The first-order valence-corrected chi connectivity index (χ1v) is 8.87. The minimum Gasteiger partial charge on any atom is -0.364 e. The summed E-state index contributed by atoms with van der Waals surface area (Å²) in [5.41, 5.74) is 0.168. The summed E-state index contributed by atoms with van der Waals surface area (Å²) in [7, 11) is 2.00. The van der Waals surface area contributed by atoms with E-state index in [0.29, 0.717) is 0 Å². The minimum absolute atomic E-state index is 0.0616. The molecule has 0 radical (unpaired) electrons. The van der Waals surface area contributed by atoms with Gasteiger partial charge in [0, 0.05) is 24.8 Å². The number of piperidine rings is 1. The Labute approximate surface area is 156 Å². The molecule has 146 valence electrons. The number of halogens is 4. The molecule has 3 nitrogen and oxygen atoms in total. The van der Waals surface area contributed by atoms with Crippen LogP contribution in [0.1, 0.15) is 41.3 Å². The molecular formula is C20H22F4N2O. The molecule has 1 atom stereocenters. The van der Waals surface area contributed by atoms with Crippen molar-refractivity contribution >= 4 is 0 Å². The van der Waals surface area contributed by atoms with Gasteiger partial charge in [-0.05, 0) is 50.6 Å². The van der Waals surface area contributed by atoms with Crippen molar-refractivity contribution in [2.24, 2.45) is 0 Å². The molecule has 0 saturated carbocycles. The van der Waals surface area contributed by atoms with Crippen LogP contribution in [0.5, 0.6) is 0 Å². The maximum absolute atomic E-state index is 14.6. The second kappa shape index (κ2) is 7.94. The number of hydrogen-bond acceptors (Lipinski definition) is 3. The normalized spacial score (nSPS) is 17.9. The summed E-state index contributed by atoms with van der Waals surface area (Å²) in [6.07, 6.45) is -3.08. The molecule has 3 rings (SSSR count). The molecule has 0 aliphatic carbocycles. The Hall–Kier alpha value is -1.99. The van der Waals surface area contributed by atoms with Crippen molar-refractivity contribution in [1.82, 2.24) is 9.88 Å². The summed E-state index contributed by atoms with van der Waals surface area (Å²) >= 11 is 0. The van der Waals surface area contributed by atoms with Gasteiger partial charge in [0.1, 0.15) is 11.9 Å². The van der Waals surface area contributed by atoms with Gasteiger partial charge in [-0.25, -0.2) is 4.39 Å². The maximum Gasteiger partial charge on any atom is 0.416 e. The van der Waals surface area contributed by atoms with Crippen LogP contribution in [0.15, 0.2) is 36.5 Å². The fraction of sp³-hybridized carbons (Fsp3) is 0.450. The zero-order chi connectivity index (χ0) is 19.6. The van der Waals surface area contributed by atoms with E-state index in [2.05, 4.69) is 9.88 Å². The van der Waals surface area contributed by atoms with Gasteiger partial charge in [0.05, 0.1) is 17.4 Å². The number of rotatable bonds is 4. The lowest BCUT2D eigenvalue weighted by molar-refractivity contribution is -0.137. The van der Waals surface area contributed by atoms with Crippen molar-refractivity contribution in [3.63, 3.8) is 0 Å². The lowest BCUT2D eigenvalue weighted by Crippen LogP contribution is -2.35. The molecule has 1 aliphatic heterocycles. The highest BCUT2D eigenvalue weighted by Gasteiger charge is 2.33. The lowest BCUT2D eigenvalue weighted by Gasteiger charge is -2.32. The van der Waals surface area contributed by atoms with Crippen molar-refractivity contribution in [3.8, 4) is 0 Å². The molecule has 1 fully saturated rings. The van der Waals surface area contributed by atoms with Gasteiger partial charge in [-0.2, -0.15) is 13.2 Å². The third kappa shape index (κ3) is 4.84. The highest BCUT2D eigenvalue weighted by molar-refractivity contribution is 5.32. The Morgan fingerprint density at radius 3 is 2.48 bits per heavy atom. The lowest BCUT2D eigenvalue weighted by atomic mass is 10.0. The van der Waals surface area contributed by atoms with Crippen molar-refractivity contribution < 1.29 is 22.3 Å². The quantitative estimate of drug-likeness (QED) is 0.714. The molecule has 0 spiro atoms. The molecule has 0 unspecified atom stereocenters. The molecule has 0 N–H and O–H groups in total. The Balaban J connectivity index is 1.97. The smallest absolute Gasteiger partial charge is 0.364 e. The van der Waals surface area contributed by atoms with Gasteiger partial charge in [-0.15, -0.1) is 0 Å². The first kappa shape index (κ1) is 19.8. The largest absolute Gasteiger partial charge is 0.416 e. The fourth-order valence-electron chi connectivity index (χ4n) is 3.23. The number of nitrogens with zero attached hydrogens (tertiary/aromatic N) is 2. The van der Waals surface area contributed by atoms with Crippen LogP contribution < -0.4 is 0 Å². The zero-order valence-corrected chi connectivity index (χ0v) is 15.3. The average molecular weight is 382 g/mol. The summed E-state index contributed by atoms with van der Waals surface area (Å²) in [4.78, 5) is 6.23. The minimum atomic E-state index is -4.50. The molecule has 1 aliphatic rings. The third-order valence-electron chi connectivity index (χ3n) is 4.81. The monoisotopic (exact) mass is 382 g/mol. The van der Waals surface area contributed by atoms with E-state index in [-0.39, 0.29) is 17.4 Å². The van der Waals surface area contributed by atoms with Gasteiger partial charge in [-0.1, -0.05) is 12.1 Å². The Bertz CT molecular complexity index is 786. The van der Waals surface area contributed by atoms with E-state index < -0.39 is 23.7 Å². The molecule has 7 heteroatoms. The van der Waals surface area contributed by atoms with Crippen molar-refractivity contribution in [1.29, 1.82) is 0 Å². The van der Waals surface area contributed by atoms with E-state index in [4.69, 9.17) is 4.74 Å². The van der Waals surface area contributed by atoms with E-state index >= 15 is 0 Å². The summed E-state index contributed by atoms with van der Waals surface area (Å²) in [6, 6.07) is 6.48. The summed E-state index contributed by atoms with van der Waals surface area (Å²) in [6.45, 7) is 3.40. The molecule has 1 saturated heterocycles. The second-order valence-electron chi connectivity index (χ2n) is 7.01. The molecule has 0 bridgehead atoms. The fourth-order valence-corrected chi connectivity index (χ4v) is 3.23. The van der Waals surface area contributed by atoms with E-state index in [0.717, 1.165) is 49.8 Å². The number of ether oxygens (including phenoxy) is 1. The number of pyridine rings is 1. The van der Waals surface area contributed by atoms with Crippen LogP contribution in [-0.2, 0) is 10.9 Å². The van der Waals surface area contributed by atoms with Gasteiger partial charge in [0.2, 0.25) is 0 Å². The highest BCUT2D eigenvalue weighted by atomic mass is 19.4. The number of alkyl halides is 3. The van der Waals surface area contributed by atoms with Crippen LogP contribution in [0.4, 0.5) is 17.6 Å². The number of aromatic nitrogens is 1. The Morgan fingerprint density at radius 1 is 1.15 bits per heavy atom. The van der Waals surface area contributed by atoms with Crippen molar-refractivity contribution in [2.75, 3.05) is 20.1 Å². The Morgan fingerprint density at radius 2 is 1.85 bits per heavy atom. The van der Waals surface area contributed by atoms with Crippen LogP contribution in [0, 0.1) is 12.7 Å². The van der Waals surface area contributed by atoms with Crippen LogP contribution in [-0.4, -0.2) is 36.1 Å². The van der Waals surface area contributed by atoms with Gasteiger partial charge >= 0.3 is 6.18 Å². The van der Waals surface area contributed by atoms with Gasteiger partial charge in [0.15, 0.2) is 0 Å². The number of likely N-dealkylation sites (tertiary alicyclic amines) is 1. The summed E-state index contributed by atoms with van der Waals surface area (Å²) in [5, 5.41) is 0. The van der Waals surface area contributed by atoms with Gasteiger partial charge in [0.25, 0.3) is 0 Å². The van der Waals surface area contributed by atoms with E-state index in [1.807, 2.05) is 7.05 Å². The predicted octanol–water partition coefficient (Wildman–Crippen LogP) is 4.75. The topological polar surface area (TPSA) is 25.4 Å². The number of aryl methyl sites for hydroxylation is 1. The molecule has 2 aromatic rings. The van der Waals surface area contributed by atoms with Crippen LogP contribution >= 0.6 is 0 Å². The average Bonchev–Trinajstić information content (AvgIpc) is 2.61. The molecule has 1 aromatic carbocycles. The van der Waals surface area contributed by atoms with E-state index in [1.54, 1.807) is 19.1 Å². The molecule has 0 amide bonds. The summed E-state index contributed by atoms with van der Waals surface area (Å²) in [5.74, 6) is -0.507. The Kier molecular flexibility index (Phi) is 5.81. The predicted molar refractivity (Wildman–Crippen MR) is 93.8 cm³/mol. The molecular weight excluding hydrogens is 360 g/mol. The van der Waals surface area contributed by atoms with E-state index in [9.17, 15) is 17.6 Å². The molecule has 2 heterocycles. The highest BCUT2D eigenvalue weighted by Crippen LogP contribution is 2.34. The van der Waals surface area contributed by atoms with Gasteiger partial charge < -0.3 is 9.64 Å². The summed E-state index contributed by atoms with van der Waals surface area (Å²) < 4.78 is 60.1. The van der Waals surface area contributed by atoms with Crippen LogP contribution in [0.2, 0.25) is 0 Å². The molecule has 1 aromatic heterocycles. The van der Waals surface area contributed by atoms with Gasteiger partial charge in [-0.3, -0.25) is 4.98 Å². The van der Waals surface area contributed by atoms with Crippen LogP contribution in [0.3, 0.4) is 0 Å². The SMILES string of the molecule is Cc1ccc([C@@H](OC2CCN(C)CC2)c2cc(C(F)(F)F)ccn2)c(F)c1. The third-order valence-corrected chi connectivity index (χ3v) is 4.81. The first-order valence-electron chi connectivity index (χ1n) is 8.87. The second-order valence-corrected chi connectivity index (χ2v) is 7.01. The molecule has 27 heavy (non-hydrogen) atoms. The van der Waals surface area contributed by atoms with Crippen LogP contribution in [0.25, 0.3) is 0 Å². The zero-order valence-electron chi connectivity index (χ0n) is 15.3. The van der Waals surface area contributed by atoms with Crippen molar-refractivity contribution in [2.45, 2.75) is 38.1 Å². The number of benzene rings is 1.